The summed E-state index contributed by atoms with van der Waals surface area (Å²) in [6.07, 6.45) is -0.664. The Kier molecular flexibility index (Phi) is 4.17. The van der Waals surface area contributed by atoms with E-state index in [1.807, 2.05) is 6.92 Å². The fourth-order valence-corrected chi connectivity index (χ4v) is 2.24. The average molecular weight is 283 g/mol. The van der Waals surface area contributed by atoms with Crippen molar-refractivity contribution in [3.63, 3.8) is 0 Å². The van der Waals surface area contributed by atoms with Crippen molar-refractivity contribution >= 4 is 11.6 Å². The number of rotatable bonds is 3. The second-order valence-corrected chi connectivity index (χ2v) is 4.86. The van der Waals surface area contributed by atoms with Gasteiger partial charge in [0.1, 0.15) is 11.6 Å². The average Bonchev–Trinajstić information content (AvgIpc) is 2.33. The van der Waals surface area contributed by atoms with Gasteiger partial charge in [-0.3, -0.25) is 0 Å². The molecule has 1 atom stereocenters. The number of aliphatic hydroxyl groups excluding tert-OH is 1. The summed E-state index contributed by atoms with van der Waals surface area (Å²) in [5.41, 5.74) is 2.03. The highest BCUT2D eigenvalue weighted by Crippen LogP contribution is 2.27. The zero-order valence-electron chi connectivity index (χ0n) is 10.3. The van der Waals surface area contributed by atoms with E-state index in [4.69, 9.17) is 11.6 Å². The predicted molar refractivity (Wildman–Crippen MR) is 71.2 cm³/mol. The largest absolute Gasteiger partial charge is 0.388 e. The lowest BCUT2D eigenvalue weighted by Gasteiger charge is -2.14. The predicted octanol–water partition coefficient (Wildman–Crippen LogP) is 4.20. The standard InChI is InChI=1S/C15H13ClF2O/c1-9-2-3-11(17)6-10(9)7-15(19)13-5-4-12(18)8-14(13)16/h2-6,8,15,19H,7H2,1H3. The van der Waals surface area contributed by atoms with Gasteiger partial charge in [0.15, 0.2) is 0 Å². The van der Waals surface area contributed by atoms with Gasteiger partial charge in [-0.15, -0.1) is 0 Å². The summed E-state index contributed by atoms with van der Waals surface area (Å²) in [7, 11) is 0. The first-order valence-corrected chi connectivity index (χ1v) is 6.23. The molecule has 0 bridgehead atoms. The van der Waals surface area contributed by atoms with Gasteiger partial charge < -0.3 is 5.11 Å². The summed E-state index contributed by atoms with van der Waals surface area (Å²) in [6, 6.07) is 8.24. The smallest absolute Gasteiger partial charge is 0.124 e. The van der Waals surface area contributed by atoms with E-state index in [1.165, 1.54) is 24.3 Å². The van der Waals surface area contributed by atoms with Crippen LogP contribution in [0.4, 0.5) is 8.78 Å². The van der Waals surface area contributed by atoms with E-state index in [2.05, 4.69) is 0 Å². The van der Waals surface area contributed by atoms with Crippen LogP contribution in [0, 0.1) is 18.6 Å². The van der Waals surface area contributed by atoms with Gasteiger partial charge in [-0.25, -0.2) is 8.78 Å². The van der Waals surface area contributed by atoms with Crippen molar-refractivity contribution in [2.24, 2.45) is 0 Å². The van der Waals surface area contributed by atoms with Crippen molar-refractivity contribution < 1.29 is 13.9 Å². The van der Waals surface area contributed by atoms with Gasteiger partial charge >= 0.3 is 0 Å². The Morgan fingerprint density at radius 3 is 2.42 bits per heavy atom. The minimum absolute atomic E-state index is 0.168. The second kappa shape index (κ2) is 5.68. The number of aliphatic hydroxyl groups is 1. The Labute approximate surface area is 115 Å². The molecule has 2 rings (SSSR count). The lowest BCUT2D eigenvalue weighted by Crippen LogP contribution is -2.04. The van der Waals surface area contributed by atoms with Crippen molar-refractivity contribution in [2.75, 3.05) is 0 Å². The van der Waals surface area contributed by atoms with Crippen molar-refractivity contribution in [2.45, 2.75) is 19.4 Å². The molecule has 0 fully saturated rings. The van der Waals surface area contributed by atoms with E-state index in [-0.39, 0.29) is 17.3 Å². The lowest BCUT2D eigenvalue weighted by atomic mass is 9.98. The Morgan fingerprint density at radius 1 is 1.11 bits per heavy atom. The first kappa shape index (κ1) is 14.0. The number of hydrogen-bond acceptors (Lipinski definition) is 1. The monoisotopic (exact) mass is 282 g/mol. The third kappa shape index (κ3) is 3.31. The van der Waals surface area contributed by atoms with Crippen LogP contribution in [-0.2, 0) is 6.42 Å². The normalized spacial score (nSPS) is 12.5. The van der Waals surface area contributed by atoms with Gasteiger partial charge in [0.25, 0.3) is 0 Å². The zero-order chi connectivity index (χ0) is 14.0. The highest BCUT2D eigenvalue weighted by molar-refractivity contribution is 6.31. The summed E-state index contributed by atoms with van der Waals surface area (Å²) in [6.45, 7) is 1.84. The molecule has 0 amide bonds. The van der Waals surface area contributed by atoms with Gasteiger partial charge in [-0.2, -0.15) is 0 Å². The van der Waals surface area contributed by atoms with Gasteiger partial charge in [0.05, 0.1) is 6.10 Å². The highest BCUT2D eigenvalue weighted by atomic mass is 35.5. The van der Waals surface area contributed by atoms with E-state index >= 15 is 0 Å². The molecule has 19 heavy (non-hydrogen) atoms. The molecule has 0 aromatic heterocycles. The van der Waals surface area contributed by atoms with Crippen LogP contribution in [0.5, 0.6) is 0 Å². The van der Waals surface area contributed by atoms with E-state index in [0.717, 1.165) is 11.6 Å². The third-order valence-corrected chi connectivity index (χ3v) is 3.37. The zero-order valence-corrected chi connectivity index (χ0v) is 11.1. The van der Waals surface area contributed by atoms with Crippen molar-refractivity contribution in [3.8, 4) is 0 Å². The number of halogens is 3. The fourth-order valence-electron chi connectivity index (χ4n) is 1.95. The van der Waals surface area contributed by atoms with E-state index in [0.29, 0.717) is 11.1 Å². The molecule has 1 unspecified atom stereocenters. The van der Waals surface area contributed by atoms with Crippen LogP contribution in [0.15, 0.2) is 36.4 Å². The number of hydrogen-bond donors (Lipinski definition) is 1. The summed E-state index contributed by atoms with van der Waals surface area (Å²) in [5.74, 6) is -0.805. The van der Waals surface area contributed by atoms with Gasteiger partial charge in [-0.1, -0.05) is 23.7 Å². The molecule has 1 N–H and O–H groups in total. The molecule has 0 radical (unpaired) electrons. The quantitative estimate of drug-likeness (QED) is 0.894. The Bertz CT molecular complexity index is 599. The maximum Gasteiger partial charge on any atom is 0.124 e. The number of aryl methyl sites for hydroxylation is 1. The molecule has 100 valence electrons. The van der Waals surface area contributed by atoms with Gasteiger partial charge in [-0.05, 0) is 47.9 Å². The van der Waals surface area contributed by atoms with Crippen LogP contribution in [-0.4, -0.2) is 5.11 Å². The SMILES string of the molecule is Cc1ccc(F)cc1CC(O)c1ccc(F)cc1Cl. The van der Waals surface area contributed by atoms with Crippen molar-refractivity contribution in [1.82, 2.24) is 0 Å². The van der Waals surface area contributed by atoms with Crippen LogP contribution in [0.3, 0.4) is 0 Å². The maximum atomic E-state index is 13.2. The van der Waals surface area contributed by atoms with Crippen LogP contribution in [0.2, 0.25) is 5.02 Å². The molecule has 1 nitrogen and oxygen atoms in total. The molecule has 0 spiro atoms. The van der Waals surface area contributed by atoms with E-state index < -0.39 is 11.9 Å². The van der Waals surface area contributed by atoms with Crippen molar-refractivity contribution in [3.05, 3.63) is 69.7 Å². The van der Waals surface area contributed by atoms with Crippen LogP contribution >= 0.6 is 11.6 Å². The molecule has 4 heteroatoms. The first-order chi connectivity index (χ1) is 8.97. The first-order valence-electron chi connectivity index (χ1n) is 5.85. The minimum atomic E-state index is -0.895. The minimum Gasteiger partial charge on any atom is -0.388 e. The Morgan fingerprint density at radius 2 is 1.74 bits per heavy atom. The number of benzene rings is 2. The van der Waals surface area contributed by atoms with E-state index in [1.54, 1.807) is 6.07 Å². The molecule has 2 aromatic carbocycles. The molecule has 0 aliphatic rings. The van der Waals surface area contributed by atoms with Gasteiger partial charge in [0, 0.05) is 11.4 Å². The highest BCUT2D eigenvalue weighted by Gasteiger charge is 2.14. The summed E-state index contributed by atoms with van der Waals surface area (Å²) < 4.78 is 26.1. The van der Waals surface area contributed by atoms with Crippen LogP contribution in [0.25, 0.3) is 0 Å². The van der Waals surface area contributed by atoms with E-state index in [9.17, 15) is 13.9 Å². The van der Waals surface area contributed by atoms with Crippen molar-refractivity contribution in [1.29, 1.82) is 0 Å². The maximum absolute atomic E-state index is 13.2. The second-order valence-electron chi connectivity index (χ2n) is 4.46. The lowest BCUT2D eigenvalue weighted by molar-refractivity contribution is 0.178. The fraction of sp³-hybridized carbons (Fsp3) is 0.200. The summed E-state index contributed by atoms with van der Waals surface area (Å²) in [5, 5.41) is 10.3. The Hall–Kier alpha value is -1.45. The Balaban J connectivity index is 2.25. The molecule has 0 saturated heterocycles. The third-order valence-electron chi connectivity index (χ3n) is 3.05. The molecule has 0 heterocycles. The molecule has 2 aromatic rings. The summed E-state index contributed by atoms with van der Waals surface area (Å²) >= 11 is 5.89. The molecule has 0 saturated carbocycles. The molecule has 0 aliphatic heterocycles. The molecular formula is C15H13ClF2O. The summed E-state index contributed by atoms with van der Waals surface area (Å²) in [4.78, 5) is 0. The van der Waals surface area contributed by atoms with Crippen LogP contribution < -0.4 is 0 Å². The topological polar surface area (TPSA) is 20.2 Å². The van der Waals surface area contributed by atoms with Gasteiger partial charge in [0.2, 0.25) is 0 Å². The molecule has 0 aliphatic carbocycles. The molecular weight excluding hydrogens is 270 g/mol. The van der Waals surface area contributed by atoms with Crippen LogP contribution in [0.1, 0.15) is 22.8 Å².